The molecule has 0 fully saturated rings. The first-order valence-corrected chi connectivity index (χ1v) is 4.95. The number of para-hydroxylation sites is 1. The number of hydrogen-bond donors (Lipinski definition) is 1. The number of halogens is 3. The first kappa shape index (κ1) is 12.2. The van der Waals surface area contributed by atoms with Crippen LogP contribution >= 0.6 is 0 Å². The van der Waals surface area contributed by atoms with Crippen molar-refractivity contribution in [2.75, 3.05) is 5.73 Å². The maximum atomic E-state index is 12.6. The van der Waals surface area contributed by atoms with Gasteiger partial charge in [-0.25, -0.2) is 0 Å². The molecule has 2 aromatic rings. The highest BCUT2D eigenvalue weighted by Gasteiger charge is 2.34. The molecule has 0 aliphatic rings. The second-order valence-electron chi connectivity index (χ2n) is 3.57. The van der Waals surface area contributed by atoms with Gasteiger partial charge in [-0.3, -0.25) is 4.79 Å². The van der Waals surface area contributed by atoms with Gasteiger partial charge in [-0.05, 0) is 24.3 Å². The first-order chi connectivity index (χ1) is 8.41. The van der Waals surface area contributed by atoms with E-state index < -0.39 is 23.2 Å². The van der Waals surface area contributed by atoms with Gasteiger partial charge in [-0.1, -0.05) is 6.07 Å². The van der Waals surface area contributed by atoms with Crippen molar-refractivity contribution in [2.24, 2.45) is 0 Å². The summed E-state index contributed by atoms with van der Waals surface area (Å²) >= 11 is 0. The monoisotopic (exact) mass is 255 g/mol. The summed E-state index contributed by atoms with van der Waals surface area (Å²) < 4.78 is 42.7. The van der Waals surface area contributed by atoms with Crippen LogP contribution in [0.1, 0.15) is 21.7 Å². The van der Waals surface area contributed by atoms with Gasteiger partial charge in [0.2, 0.25) is 5.78 Å². The third kappa shape index (κ3) is 2.09. The maximum absolute atomic E-state index is 12.6. The highest BCUT2D eigenvalue weighted by molar-refractivity contribution is 6.10. The molecule has 1 aromatic carbocycles. The van der Waals surface area contributed by atoms with Gasteiger partial charge in [0.1, 0.15) is 0 Å². The van der Waals surface area contributed by atoms with E-state index in [9.17, 15) is 18.0 Å². The average Bonchev–Trinajstić information content (AvgIpc) is 2.80. The SMILES string of the molecule is Nc1c(C(=O)c2ccco2)cccc1C(F)(F)F. The van der Waals surface area contributed by atoms with Crippen LogP contribution in [-0.4, -0.2) is 5.78 Å². The van der Waals surface area contributed by atoms with E-state index in [2.05, 4.69) is 0 Å². The molecule has 1 aromatic heterocycles. The van der Waals surface area contributed by atoms with Crippen molar-refractivity contribution in [3.63, 3.8) is 0 Å². The molecule has 0 amide bonds. The Morgan fingerprint density at radius 1 is 1.17 bits per heavy atom. The number of nitrogens with two attached hydrogens (primary N) is 1. The lowest BCUT2D eigenvalue weighted by Crippen LogP contribution is -2.13. The van der Waals surface area contributed by atoms with Crippen LogP contribution in [-0.2, 0) is 6.18 Å². The number of alkyl halides is 3. The Balaban J connectivity index is 2.50. The number of anilines is 1. The molecule has 3 nitrogen and oxygen atoms in total. The van der Waals surface area contributed by atoms with E-state index in [1.54, 1.807) is 0 Å². The van der Waals surface area contributed by atoms with E-state index >= 15 is 0 Å². The largest absolute Gasteiger partial charge is 0.461 e. The predicted octanol–water partition coefficient (Wildman–Crippen LogP) is 3.11. The van der Waals surface area contributed by atoms with Crippen LogP contribution in [0.15, 0.2) is 41.0 Å². The number of ketones is 1. The fourth-order valence-corrected chi connectivity index (χ4v) is 1.55. The van der Waals surface area contributed by atoms with Crippen LogP contribution in [0, 0.1) is 0 Å². The number of benzene rings is 1. The average molecular weight is 255 g/mol. The van der Waals surface area contributed by atoms with E-state index in [-0.39, 0.29) is 11.3 Å². The second kappa shape index (κ2) is 4.21. The fraction of sp³-hybridized carbons (Fsp3) is 0.0833. The molecule has 0 atom stereocenters. The zero-order valence-corrected chi connectivity index (χ0v) is 8.99. The van der Waals surface area contributed by atoms with Crippen molar-refractivity contribution in [1.29, 1.82) is 0 Å². The highest BCUT2D eigenvalue weighted by atomic mass is 19.4. The summed E-state index contributed by atoms with van der Waals surface area (Å²) in [6.07, 6.45) is -3.33. The molecular formula is C12H8F3NO2. The third-order valence-electron chi connectivity index (χ3n) is 2.40. The van der Waals surface area contributed by atoms with Crippen molar-refractivity contribution in [2.45, 2.75) is 6.18 Å². The Morgan fingerprint density at radius 2 is 1.89 bits per heavy atom. The number of nitrogen functional groups attached to an aromatic ring is 1. The lowest BCUT2D eigenvalue weighted by molar-refractivity contribution is -0.136. The molecule has 0 spiro atoms. The lowest BCUT2D eigenvalue weighted by atomic mass is 10.0. The Morgan fingerprint density at radius 3 is 2.44 bits per heavy atom. The van der Waals surface area contributed by atoms with E-state index in [1.165, 1.54) is 24.5 Å². The van der Waals surface area contributed by atoms with Crippen LogP contribution < -0.4 is 5.73 Å². The molecule has 94 valence electrons. The van der Waals surface area contributed by atoms with Crippen LogP contribution in [0.25, 0.3) is 0 Å². The van der Waals surface area contributed by atoms with Gasteiger partial charge in [-0.2, -0.15) is 13.2 Å². The second-order valence-corrected chi connectivity index (χ2v) is 3.57. The van der Waals surface area contributed by atoms with Gasteiger partial charge in [0, 0.05) is 5.56 Å². The topological polar surface area (TPSA) is 56.2 Å². The number of furan rings is 1. The third-order valence-corrected chi connectivity index (χ3v) is 2.40. The summed E-state index contributed by atoms with van der Waals surface area (Å²) in [5, 5.41) is 0. The van der Waals surface area contributed by atoms with Gasteiger partial charge in [0.15, 0.2) is 5.76 Å². The van der Waals surface area contributed by atoms with Crippen LogP contribution in [0.5, 0.6) is 0 Å². The summed E-state index contributed by atoms with van der Waals surface area (Å²) in [4.78, 5) is 11.9. The molecule has 6 heteroatoms. The van der Waals surface area contributed by atoms with Crippen LogP contribution in [0.3, 0.4) is 0 Å². The number of carbonyl (C=O) groups excluding carboxylic acids is 1. The minimum absolute atomic E-state index is 0.0546. The summed E-state index contributed by atoms with van der Waals surface area (Å²) in [7, 11) is 0. The number of hydrogen-bond acceptors (Lipinski definition) is 3. The van der Waals surface area contributed by atoms with Crippen molar-refractivity contribution in [3.8, 4) is 0 Å². The lowest BCUT2D eigenvalue weighted by Gasteiger charge is -2.12. The normalized spacial score (nSPS) is 11.5. The summed E-state index contributed by atoms with van der Waals surface area (Å²) in [5.41, 5.74) is 3.55. The Bertz CT molecular complexity index is 574. The number of carbonyl (C=O) groups is 1. The van der Waals surface area contributed by atoms with Gasteiger partial charge >= 0.3 is 6.18 Å². The van der Waals surface area contributed by atoms with E-state index in [4.69, 9.17) is 10.2 Å². The quantitative estimate of drug-likeness (QED) is 0.662. The molecule has 0 saturated heterocycles. The summed E-state index contributed by atoms with van der Waals surface area (Å²) in [6.45, 7) is 0. The van der Waals surface area contributed by atoms with Crippen LogP contribution in [0.2, 0.25) is 0 Å². The molecule has 0 aliphatic heterocycles. The summed E-state index contributed by atoms with van der Waals surface area (Å²) in [5.74, 6) is -0.732. The predicted molar refractivity (Wildman–Crippen MR) is 58.0 cm³/mol. The van der Waals surface area contributed by atoms with Crippen molar-refractivity contribution >= 4 is 11.5 Å². The summed E-state index contributed by atoms with van der Waals surface area (Å²) in [6, 6.07) is 6.03. The van der Waals surface area contributed by atoms with Crippen molar-refractivity contribution < 1.29 is 22.4 Å². The zero-order valence-electron chi connectivity index (χ0n) is 8.99. The molecule has 0 radical (unpaired) electrons. The molecule has 2 N–H and O–H groups in total. The molecule has 0 saturated carbocycles. The zero-order chi connectivity index (χ0) is 13.3. The molecule has 18 heavy (non-hydrogen) atoms. The standard InChI is InChI=1S/C12H8F3NO2/c13-12(14,15)8-4-1-3-7(10(8)16)11(17)9-5-2-6-18-9/h1-6H,16H2. The maximum Gasteiger partial charge on any atom is 0.418 e. The Kier molecular flexibility index (Phi) is 2.86. The highest BCUT2D eigenvalue weighted by Crippen LogP contribution is 2.35. The number of rotatable bonds is 2. The molecule has 2 rings (SSSR count). The van der Waals surface area contributed by atoms with Crippen LogP contribution in [0.4, 0.5) is 18.9 Å². The Hall–Kier alpha value is -2.24. The molecular weight excluding hydrogens is 247 g/mol. The van der Waals surface area contributed by atoms with Gasteiger partial charge in [0.05, 0.1) is 17.5 Å². The minimum atomic E-state index is -4.59. The van der Waals surface area contributed by atoms with Gasteiger partial charge < -0.3 is 10.2 Å². The molecule has 1 heterocycles. The fourth-order valence-electron chi connectivity index (χ4n) is 1.55. The van der Waals surface area contributed by atoms with Crippen molar-refractivity contribution in [1.82, 2.24) is 0 Å². The molecule has 0 unspecified atom stereocenters. The van der Waals surface area contributed by atoms with E-state index in [0.717, 1.165) is 12.1 Å². The minimum Gasteiger partial charge on any atom is -0.461 e. The van der Waals surface area contributed by atoms with Gasteiger partial charge in [-0.15, -0.1) is 0 Å². The molecule has 0 bridgehead atoms. The Labute approximate surface area is 100 Å². The van der Waals surface area contributed by atoms with Gasteiger partial charge in [0.25, 0.3) is 0 Å². The van der Waals surface area contributed by atoms with E-state index in [1.807, 2.05) is 0 Å². The first-order valence-electron chi connectivity index (χ1n) is 4.95. The molecule has 0 aliphatic carbocycles. The van der Waals surface area contributed by atoms with Crippen molar-refractivity contribution in [3.05, 3.63) is 53.5 Å². The smallest absolute Gasteiger partial charge is 0.418 e. The van der Waals surface area contributed by atoms with E-state index in [0.29, 0.717) is 0 Å².